The van der Waals surface area contributed by atoms with Gasteiger partial charge in [-0.2, -0.15) is 0 Å². The van der Waals surface area contributed by atoms with Gasteiger partial charge in [-0.15, -0.1) is 0 Å². The summed E-state index contributed by atoms with van der Waals surface area (Å²) in [7, 11) is 0. The van der Waals surface area contributed by atoms with Crippen LogP contribution >= 0.6 is 15.9 Å². The van der Waals surface area contributed by atoms with E-state index in [2.05, 4.69) is 74.0 Å². The maximum absolute atomic E-state index is 3.73. The Hall–Kier alpha value is -1.34. The van der Waals surface area contributed by atoms with Crippen molar-refractivity contribution in [1.82, 2.24) is 0 Å². The van der Waals surface area contributed by atoms with E-state index in [1.807, 2.05) is 0 Å². The molecule has 0 unspecified atom stereocenters. The molecule has 0 saturated heterocycles. The van der Waals surface area contributed by atoms with E-state index in [4.69, 9.17) is 0 Å². The molecule has 0 aliphatic heterocycles. The van der Waals surface area contributed by atoms with E-state index in [0.29, 0.717) is 0 Å². The first kappa shape index (κ1) is 16.5. The predicted octanol–water partition coefficient (Wildman–Crippen LogP) is 7.01. The molecule has 23 heavy (non-hydrogen) atoms. The first-order valence-electron chi connectivity index (χ1n) is 8.83. The van der Waals surface area contributed by atoms with Crippen molar-refractivity contribution in [3.63, 3.8) is 0 Å². The highest BCUT2D eigenvalue weighted by atomic mass is 79.9. The molecule has 0 spiro atoms. The molecule has 0 bridgehead atoms. The number of aryl methyl sites for hydroxylation is 2. The number of halogens is 1. The van der Waals surface area contributed by atoms with Crippen molar-refractivity contribution >= 4 is 37.5 Å². The maximum atomic E-state index is 3.73. The number of rotatable bonds is 4. The first-order valence-corrected chi connectivity index (χ1v) is 9.62. The van der Waals surface area contributed by atoms with Crippen molar-refractivity contribution < 1.29 is 0 Å². The summed E-state index contributed by atoms with van der Waals surface area (Å²) in [4.78, 5) is 0. The molecule has 3 aromatic carbocycles. The summed E-state index contributed by atoms with van der Waals surface area (Å²) in [6.45, 7) is 9.19. The molecule has 0 N–H and O–H groups in total. The van der Waals surface area contributed by atoms with Gasteiger partial charge < -0.3 is 0 Å². The third kappa shape index (κ3) is 2.59. The topological polar surface area (TPSA) is 0 Å². The van der Waals surface area contributed by atoms with Gasteiger partial charge in [-0.1, -0.05) is 55.8 Å². The highest BCUT2D eigenvalue weighted by molar-refractivity contribution is 9.10. The first-order chi connectivity index (χ1) is 11.2. The average Bonchev–Trinajstić information content (AvgIpc) is 2.58. The summed E-state index contributed by atoms with van der Waals surface area (Å²) in [5, 5.41) is 5.57. The molecule has 0 radical (unpaired) electrons. The molecule has 120 valence electrons. The summed E-state index contributed by atoms with van der Waals surface area (Å²) >= 11 is 3.73. The molecule has 1 heteroatoms. The van der Waals surface area contributed by atoms with Crippen molar-refractivity contribution in [3.05, 3.63) is 57.1 Å². The summed E-state index contributed by atoms with van der Waals surface area (Å²) in [5.74, 6) is 0. The fourth-order valence-electron chi connectivity index (χ4n) is 4.14. The third-order valence-electron chi connectivity index (χ3n) is 5.12. The normalized spacial score (nSPS) is 11.5. The van der Waals surface area contributed by atoms with Crippen LogP contribution in [-0.4, -0.2) is 0 Å². The summed E-state index contributed by atoms with van der Waals surface area (Å²) in [6.07, 6.45) is 4.47. The van der Waals surface area contributed by atoms with Gasteiger partial charge in [-0.25, -0.2) is 0 Å². The van der Waals surface area contributed by atoms with Crippen LogP contribution in [0.25, 0.3) is 21.5 Å². The van der Waals surface area contributed by atoms with E-state index in [0.717, 1.165) is 25.7 Å². The molecule has 0 aliphatic carbocycles. The van der Waals surface area contributed by atoms with Gasteiger partial charge in [0.25, 0.3) is 0 Å². The fraction of sp³-hybridized carbons (Fsp3) is 0.364. The van der Waals surface area contributed by atoms with Gasteiger partial charge in [0, 0.05) is 4.47 Å². The van der Waals surface area contributed by atoms with Crippen molar-refractivity contribution in [2.75, 3.05) is 0 Å². The maximum Gasteiger partial charge on any atom is 0.0253 e. The summed E-state index contributed by atoms with van der Waals surface area (Å²) < 4.78 is 1.19. The molecule has 0 amide bonds. The zero-order valence-corrected chi connectivity index (χ0v) is 16.2. The summed E-state index contributed by atoms with van der Waals surface area (Å²) in [5.41, 5.74) is 6.28. The lowest BCUT2D eigenvalue weighted by molar-refractivity contribution is 0.961. The third-order valence-corrected chi connectivity index (χ3v) is 5.81. The number of benzene rings is 3. The van der Waals surface area contributed by atoms with Crippen LogP contribution in [0.15, 0.2) is 34.8 Å². The Bertz CT molecular complexity index is 874. The molecule has 0 heterocycles. The van der Waals surface area contributed by atoms with Gasteiger partial charge in [-0.05, 0) is 87.7 Å². The smallest absolute Gasteiger partial charge is 0.0253 e. The molecule has 3 rings (SSSR count). The molecular weight excluding hydrogens is 344 g/mol. The van der Waals surface area contributed by atoms with E-state index in [1.54, 1.807) is 22.3 Å². The highest BCUT2D eigenvalue weighted by Gasteiger charge is 2.16. The lowest BCUT2D eigenvalue weighted by atomic mass is 9.84. The van der Waals surface area contributed by atoms with Crippen LogP contribution in [-0.2, 0) is 25.7 Å². The van der Waals surface area contributed by atoms with Crippen LogP contribution in [0.1, 0.15) is 49.9 Å². The average molecular weight is 369 g/mol. The lowest BCUT2D eigenvalue weighted by Gasteiger charge is -2.21. The van der Waals surface area contributed by atoms with E-state index in [1.165, 1.54) is 26.0 Å². The molecule has 0 aromatic heterocycles. The predicted molar refractivity (Wildman–Crippen MR) is 107 cm³/mol. The Labute approximate surface area is 148 Å². The van der Waals surface area contributed by atoms with Gasteiger partial charge >= 0.3 is 0 Å². The standard InChI is InChI=1S/C22H25Br/c1-5-15-16(6-2)18(8-4)21-13-19-14(10-9-11-22(19)23)12-20(21)17(15)7-3/h9-13H,5-8H2,1-4H3. The number of hydrogen-bond acceptors (Lipinski definition) is 0. The van der Waals surface area contributed by atoms with Crippen LogP contribution in [0.4, 0.5) is 0 Å². The molecule has 0 saturated carbocycles. The molecule has 0 aliphatic rings. The van der Waals surface area contributed by atoms with Gasteiger partial charge in [0.2, 0.25) is 0 Å². The molecule has 0 fully saturated rings. The monoisotopic (exact) mass is 368 g/mol. The van der Waals surface area contributed by atoms with Gasteiger partial charge in [-0.3, -0.25) is 0 Å². The van der Waals surface area contributed by atoms with Crippen LogP contribution in [0.3, 0.4) is 0 Å². The zero-order valence-electron chi connectivity index (χ0n) is 14.6. The SMILES string of the molecule is CCc1c(CC)c(CC)c2cc3c(Br)cccc3cc2c1CC. The second-order valence-electron chi connectivity index (χ2n) is 6.19. The van der Waals surface area contributed by atoms with Crippen LogP contribution < -0.4 is 0 Å². The zero-order chi connectivity index (χ0) is 16.6. The van der Waals surface area contributed by atoms with E-state index >= 15 is 0 Å². The van der Waals surface area contributed by atoms with Gasteiger partial charge in [0.1, 0.15) is 0 Å². The van der Waals surface area contributed by atoms with E-state index in [-0.39, 0.29) is 0 Å². The Morgan fingerprint density at radius 3 is 1.70 bits per heavy atom. The minimum atomic E-state index is 1.10. The molecule has 3 aromatic rings. The number of hydrogen-bond donors (Lipinski definition) is 0. The quantitative estimate of drug-likeness (QED) is 0.434. The minimum absolute atomic E-state index is 1.10. The van der Waals surface area contributed by atoms with Crippen molar-refractivity contribution in [2.24, 2.45) is 0 Å². The highest BCUT2D eigenvalue weighted by Crippen LogP contribution is 2.36. The van der Waals surface area contributed by atoms with Gasteiger partial charge in [0.05, 0.1) is 0 Å². The van der Waals surface area contributed by atoms with Crippen LogP contribution in [0.5, 0.6) is 0 Å². The van der Waals surface area contributed by atoms with E-state index in [9.17, 15) is 0 Å². The van der Waals surface area contributed by atoms with Crippen LogP contribution in [0, 0.1) is 0 Å². The Morgan fingerprint density at radius 1 is 0.652 bits per heavy atom. The van der Waals surface area contributed by atoms with Crippen molar-refractivity contribution in [1.29, 1.82) is 0 Å². The second-order valence-corrected chi connectivity index (χ2v) is 7.04. The second kappa shape index (κ2) is 6.65. The van der Waals surface area contributed by atoms with E-state index < -0.39 is 0 Å². The van der Waals surface area contributed by atoms with Crippen molar-refractivity contribution in [3.8, 4) is 0 Å². The molecular formula is C22H25Br. The Morgan fingerprint density at radius 2 is 1.17 bits per heavy atom. The van der Waals surface area contributed by atoms with Crippen LogP contribution in [0.2, 0.25) is 0 Å². The largest absolute Gasteiger partial charge is 0.0613 e. The Balaban J connectivity index is 2.56. The fourth-order valence-corrected chi connectivity index (χ4v) is 4.63. The van der Waals surface area contributed by atoms with Gasteiger partial charge in [0.15, 0.2) is 0 Å². The number of fused-ring (bicyclic) bond motifs is 2. The van der Waals surface area contributed by atoms with Crippen molar-refractivity contribution in [2.45, 2.75) is 53.4 Å². The lowest BCUT2D eigenvalue weighted by Crippen LogP contribution is -2.05. The summed E-state index contributed by atoms with van der Waals surface area (Å²) in [6, 6.07) is 11.3. The minimum Gasteiger partial charge on any atom is -0.0613 e. The Kier molecular flexibility index (Phi) is 4.77. The molecule has 0 nitrogen and oxygen atoms in total. The molecule has 0 atom stereocenters.